The number of carboxylic acid groups (broad SMARTS) is 1. The number of carbonyl (C=O) groups is 2. The van der Waals surface area contributed by atoms with Crippen molar-refractivity contribution >= 4 is 11.9 Å². The number of aliphatic carboxylic acids is 1. The Morgan fingerprint density at radius 2 is 1.62 bits per heavy atom. The van der Waals surface area contributed by atoms with Crippen molar-refractivity contribution in [3.63, 3.8) is 0 Å². The second kappa shape index (κ2) is 15.0. The lowest BCUT2D eigenvalue weighted by molar-refractivity contribution is -0.138. The van der Waals surface area contributed by atoms with Gasteiger partial charge >= 0.3 is 11.7 Å². The van der Waals surface area contributed by atoms with Crippen LogP contribution in [0.15, 0.2) is 29.2 Å². The zero-order valence-electron chi connectivity index (χ0n) is 28.5. The third kappa shape index (κ3) is 8.14. The summed E-state index contributed by atoms with van der Waals surface area (Å²) in [7, 11) is 0. The maximum absolute atomic E-state index is 16.4. The normalized spacial score (nSPS) is 15.1. The van der Waals surface area contributed by atoms with Crippen molar-refractivity contribution in [1.82, 2.24) is 19.8 Å². The average molecular weight is 673 g/mol. The van der Waals surface area contributed by atoms with E-state index in [-0.39, 0.29) is 29.4 Å². The molecule has 1 saturated heterocycles. The molecule has 2 heterocycles. The lowest BCUT2D eigenvalue weighted by Gasteiger charge is -2.34. The van der Waals surface area contributed by atoms with E-state index in [0.717, 1.165) is 0 Å². The minimum atomic E-state index is -1.65. The fourth-order valence-electron chi connectivity index (χ4n) is 6.49. The van der Waals surface area contributed by atoms with Crippen molar-refractivity contribution in [1.29, 1.82) is 0 Å². The lowest BCUT2D eigenvalue weighted by atomic mass is 9.89. The van der Waals surface area contributed by atoms with Gasteiger partial charge in [-0.25, -0.2) is 22.4 Å². The number of hydrogen-bond acceptors (Lipinski definition) is 5. The highest BCUT2D eigenvalue weighted by Crippen LogP contribution is 2.37. The third-order valence-electron chi connectivity index (χ3n) is 8.78. The SMILES string of the molecule is Cc1cc(-c2c(C)cc(F)cc2C)c(F)c([C@H](CC(=O)O)NC(=O)[C@H](CC(C)C)n2cc(CCN3CC(F)C3)c(C(C)C)nc2=O)c1F. The fourth-order valence-corrected chi connectivity index (χ4v) is 6.49. The zero-order chi connectivity index (χ0) is 35.6. The molecule has 2 aromatic carbocycles. The molecule has 260 valence electrons. The third-order valence-corrected chi connectivity index (χ3v) is 8.78. The van der Waals surface area contributed by atoms with E-state index < -0.39 is 65.3 Å². The molecule has 8 nitrogen and oxygen atoms in total. The molecule has 0 spiro atoms. The van der Waals surface area contributed by atoms with Crippen molar-refractivity contribution in [2.24, 2.45) is 5.92 Å². The van der Waals surface area contributed by atoms with Crippen LogP contribution in [0, 0.1) is 44.1 Å². The van der Waals surface area contributed by atoms with Crippen LogP contribution in [0.25, 0.3) is 11.1 Å². The van der Waals surface area contributed by atoms with Crippen LogP contribution in [0.2, 0.25) is 0 Å². The molecule has 48 heavy (non-hydrogen) atoms. The quantitative estimate of drug-likeness (QED) is 0.201. The smallest absolute Gasteiger partial charge is 0.348 e. The molecule has 2 N–H and O–H groups in total. The molecule has 1 aliphatic rings. The Kier molecular flexibility index (Phi) is 11.5. The van der Waals surface area contributed by atoms with E-state index in [4.69, 9.17) is 0 Å². The van der Waals surface area contributed by atoms with Gasteiger partial charge in [-0.2, -0.15) is 4.98 Å². The van der Waals surface area contributed by atoms with Crippen molar-refractivity contribution in [3.05, 3.63) is 85.8 Å². The minimum Gasteiger partial charge on any atom is -0.481 e. The molecule has 0 saturated carbocycles. The number of aryl methyl sites for hydroxylation is 3. The molecule has 1 aliphatic heterocycles. The summed E-state index contributed by atoms with van der Waals surface area (Å²) in [5.41, 5.74) is 0.992. The van der Waals surface area contributed by atoms with E-state index in [1.165, 1.54) is 29.7 Å². The summed E-state index contributed by atoms with van der Waals surface area (Å²) in [6.45, 7) is 13.2. The van der Waals surface area contributed by atoms with Gasteiger partial charge in [0.2, 0.25) is 5.91 Å². The molecule has 1 fully saturated rings. The van der Waals surface area contributed by atoms with Gasteiger partial charge in [-0.3, -0.25) is 19.1 Å². The lowest BCUT2D eigenvalue weighted by Crippen LogP contribution is -2.49. The van der Waals surface area contributed by atoms with Crippen LogP contribution in [0.5, 0.6) is 0 Å². The van der Waals surface area contributed by atoms with Gasteiger partial charge in [-0.1, -0.05) is 27.7 Å². The maximum Gasteiger partial charge on any atom is 0.348 e. The minimum absolute atomic E-state index is 0.00325. The summed E-state index contributed by atoms with van der Waals surface area (Å²) in [6.07, 6.45) is 0.441. The van der Waals surface area contributed by atoms with Gasteiger partial charge in [0.25, 0.3) is 0 Å². The summed E-state index contributed by atoms with van der Waals surface area (Å²) in [6, 6.07) is 0.887. The number of nitrogens with one attached hydrogen (secondary N) is 1. The Balaban J connectivity index is 1.78. The number of rotatable bonds is 13. The van der Waals surface area contributed by atoms with Gasteiger partial charge in [0.15, 0.2) is 0 Å². The van der Waals surface area contributed by atoms with E-state index in [2.05, 4.69) is 10.3 Å². The Labute approximate surface area is 278 Å². The monoisotopic (exact) mass is 672 g/mol. The highest BCUT2D eigenvalue weighted by atomic mass is 19.1. The van der Waals surface area contributed by atoms with Gasteiger partial charge in [0.05, 0.1) is 18.2 Å². The predicted octanol–water partition coefficient (Wildman–Crippen LogP) is 6.49. The molecule has 0 bridgehead atoms. The van der Waals surface area contributed by atoms with E-state index >= 15 is 8.78 Å². The first kappa shape index (κ1) is 36.8. The standard InChI is InChI=1S/C36H44F4N4O4/c1-18(2)10-28(44-15-23(8-9-43-16-25(38)17-43)34(19(3)4)42-36(44)48)35(47)41-27(14-29(45)46)31-32(39)22(7)13-26(33(31)40)30-20(5)11-24(37)12-21(30)6/h11-13,15,18-19,25,27-28H,8-10,14,16-17H2,1-7H3,(H,41,47)(H,45,46)/t27-,28-/m0/s1. The number of carbonyl (C=O) groups excluding carboxylic acids is 1. The predicted molar refractivity (Wildman–Crippen MR) is 175 cm³/mol. The zero-order valence-corrected chi connectivity index (χ0v) is 28.5. The number of hydrogen-bond donors (Lipinski definition) is 2. The molecule has 0 unspecified atom stereocenters. The van der Waals surface area contributed by atoms with Crippen molar-refractivity contribution in [2.75, 3.05) is 19.6 Å². The second-order valence-electron chi connectivity index (χ2n) is 13.6. The average Bonchev–Trinajstić information content (AvgIpc) is 2.95. The molecule has 12 heteroatoms. The number of amides is 1. The number of aromatic nitrogens is 2. The number of likely N-dealkylation sites (tertiary alicyclic amines) is 1. The molecule has 1 aromatic heterocycles. The second-order valence-corrected chi connectivity index (χ2v) is 13.6. The Bertz CT molecular complexity index is 1730. The summed E-state index contributed by atoms with van der Waals surface area (Å²) < 4.78 is 60.9. The highest BCUT2D eigenvalue weighted by Gasteiger charge is 2.33. The van der Waals surface area contributed by atoms with Crippen molar-refractivity contribution < 1.29 is 32.3 Å². The summed E-state index contributed by atoms with van der Waals surface area (Å²) in [5, 5.41) is 12.3. The Morgan fingerprint density at radius 3 is 2.17 bits per heavy atom. The van der Waals surface area contributed by atoms with Gasteiger partial charge in [0, 0.05) is 37.0 Å². The maximum atomic E-state index is 16.4. The number of alkyl halides is 1. The topological polar surface area (TPSA) is 105 Å². The molecular formula is C36H44F4N4O4. The molecule has 4 rings (SSSR count). The van der Waals surface area contributed by atoms with Crippen molar-refractivity contribution in [2.45, 2.75) is 91.9 Å². The van der Waals surface area contributed by atoms with Crippen LogP contribution >= 0.6 is 0 Å². The molecule has 1 amide bonds. The highest BCUT2D eigenvalue weighted by molar-refractivity contribution is 5.82. The van der Waals surface area contributed by atoms with Gasteiger partial charge in [0.1, 0.15) is 29.7 Å². The number of halogens is 4. The van der Waals surface area contributed by atoms with E-state index in [1.54, 1.807) is 20.0 Å². The Morgan fingerprint density at radius 1 is 1.00 bits per heavy atom. The van der Waals surface area contributed by atoms with Crippen LogP contribution < -0.4 is 11.0 Å². The first-order valence-electron chi connectivity index (χ1n) is 16.2. The molecule has 0 radical (unpaired) electrons. The van der Waals surface area contributed by atoms with Crippen LogP contribution in [0.3, 0.4) is 0 Å². The van der Waals surface area contributed by atoms with Crippen LogP contribution in [-0.2, 0) is 16.0 Å². The summed E-state index contributed by atoms with van der Waals surface area (Å²) >= 11 is 0. The number of carboxylic acids is 1. The van der Waals surface area contributed by atoms with E-state index in [1.807, 2.05) is 32.6 Å². The van der Waals surface area contributed by atoms with Crippen LogP contribution in [0.4, 0.5) is 17.6 Å². The number of benzene rings is 2. The Hall–Kier alpha value is -4.06. The fraction of sp³-hybridized carbons (Fsp3) is 0.500. The molecule has 0 aliphatic carbocycles. The molecule has 2 atom stereocenters. The summed E-state index contributed by atoms with van der Waals surface area (Å²) in [4.78, 5) is 45.8. The molecular weight excluding hydrogens is 628 g/mol. The summed E-state index contributed by atoms with van der Waals surface area (Å²) in [5.74, 6) is -5.08. The van der Waals surface area contributed by atoms with Crippen LogP contribution in [0.1, 0.15) is 92.0 Å². The van der Waals surface area contributed by atoms with E-state index in [9.17, 15) is 28.3 Å². The molecule has 3 aromatic rings. The van der Waals surface area contributed by atoms with Gasteiger partial charge in [-0.15, -0.1) is 0 Å². The first-order valence-corrected chi connectivity index (χ1v) is 16.2. The van der Waals surface area contributed by atoms with Gasteiger partial charge in [-0.05, 0) is 91.5 Å². The largest absolute Gasteiger partial charge is 0.481 e. The number of nitrogens with zero attached hydrogens (tertiary/aromatic N) is 3. The van der Waals surface area contributed by atoms with Gasteiger partial charge < -0.3 is 10.4 Å². The van der Waals surface area contributed by atoms with Crippen molar-refractivity contribution in [3.8, 4) is 11.1 Å². The van der Waals surface area contributed by atoms with Crippen LogP contribution in [-0.4, -0.2) is 57.2 Å². The van der Waals surface area contributed by atoms with E-state index in [0.29, 0.717) is 54.0 Å². The first-order chi connectivity index (χ1) is 22.5.